The van der Waals surface area contributed by atoms with Crippen LogP contribution in [0, 0.1) is 13.8 Å². The lowest BCUT2D eigenvalue weighted by molar-refractivity contribution is 0.0685. The third kappa shape index (κ3) is 3.52. The van der Waals surface area contributed by atoms with Crippen LogP contribution < -0.4 is 0 Å². The zero-order valence-corrected chi connectivity index (χ0v) is 12.9. The number of carbonyl (C=O) groups excluding carboxylic acids is 1. The highest BCUT2D eigenvalue weighted by atomic mass is 16.3. The number of amides is 1. The Balaban J connectivity index is 2.20. The number of carbonyl (C=O) groups is 1. The van der Waals surface area contributed by atoms with Crippen LogP contribution >= 0.6 is 0 Å². The van der Waals surface area contributed by atoms with Crippen LogP contribution in [0.4, 0.5) is 0 Å². The molecule has 0 atom stereocenters. The fourth-order valence-corrected chi connectivity index (χ4v) is 2.37. The van der Waals surface area contributed by atoms with Crippen molar-refractivity contribution in [1.82, 2.24) is 14.7 Å². The van der Waals surface area contributed by atoms with Crippen LogP contribution in [0.1, 0.15) is 21.7 Å². The Hall–Kier alpha value is -2.18. The lowest BCUT2D eigenvalue weighted by Gasteiger charge is -2.20. The van der Waals surface area contributed by atoms with Crippen molar-refractivity contribution >= 4 is 5.91 Å². The van der Waals surface area contributed by atoms with Crippen LogP contribution in [-0.2, 0) is 0 Å². The molecule has 2 rings (SSSR count). The highest BCUT2D eigenvalue weighted by Gasteiger charge is 2.15. The fraction of sp³-hybridized carbons (Fsp3) is 0.375. The summed E-state index contributed by atoms with van der Waals surface area (Å²) >= 11 is 0. The number of aryl methyl sites for hydroxylation is 2. The second-order valence-electron chi connectivity index (χ2n) is 5.13. The third-order valence-corrected chi connectivity index (χ3v) is 3.40. The molecule has 2 N–H and O–H groups in total. The quantitative estimate of drug-likeness (QED) is 0.831. The second-order valence-corrected chi connectivity index (χ2v) is 5.13. The number of rotatable bonds is 6. The zero-order valence-electron chi connectivity index (χ0n) is 12.9. The van der Waals surface area contributed by atoms with Crippen LogP contribution in [0.2, 0.25) is 0 Å². The summed E-state index contributed by atoms with van der Waals surface area (Å²) in [5, 5.41) is 22.4. The summed E-state index contributed by atoms with van der Waals surface area (Å²) in [5.41, 5.74) is 3.37. The maximum atomic E-state index is 12.3. The van der Waals surface area contributed by atoms with E-state index >= 15 is 0 Å². The summed E-state index contributed by atoms with van der Waals surface area (Å²) in [7, 11) is 0. The van der Waals surface area contributed by atoms with E-state index in [-0.39, 0.29) is 32.2 Å². The van der Waals surface area contributed by atoms with Crippen molar-refractivity contribution in [2.45, 2.75) is 13.8 Å². The molecule has 0 aliphatic carbocycles. The Morgan fingerprint density at radius 2 is 1.73 bits per heavy atom. The van der Waals surface area contributed by atoms with E-state index < -0.39 is 0 Å². The van der Waals surface area contributed by atoms with Gasteiger partial charge in [0.25, 0.3) is 5.91 Å². The first-order valence-electron chi connectivity index (χ1n) is 7.21. The van der Waals surface area contributed by atoms with Gasteiger partial charge < -0.3 is 15.1 Å². The molecule has 6 nitrogen and oxygen atoms in total. The Bertz CT molecular complexity index is 629. The Morgan fingerprint density at radius 1 is 1.14 bits per heavy atom. The molecule has 1 amide bonds. The van der Waals surface area contributed by atoms with Crippen LogP contribution in [0.3, 0.4) is 0 Å². The first kappa shape index (κ1) is 16.2. The molecule has 0 spiro atoms. The smallest absolute Gasteiger partial charge is 0.254 e. The van der Waals surface area contributed by atoms with E-state index in [0.717, 1.165) is 17.1 Å². The van der Waals surface area contributed by atoms with E-state index in [1.165, 1.54) is 4.90 Å². The highest BCUT2D eigenvalue weighted by Crippen LogP contribution is 2.14. The molecule has 0 radical (unpaired) electrons. The van der Waals surface area contributed by atoms with Crippen molar-refractivity contribution in [2.24, 2.45) is 0 Å². The summed E-state index contributed by atoms with van der Waals surface area (Å²) in [6, 6.07) is 9.13. The fourth-order valence-electron chi connectivity index (χ4n) is 2.37. The molecule has 1 aromatic heterocycles. The Morgan fingerprint density at radius 3 is 2.18 bits per heavy atom. The molecule has 1 aromatic carbocycles. The van der Waals surface area contributed by atoms with Gasteiger partial charge in [-0.05, 0) is 44.2 Å². The SMILES string of the molecule is Cc1cc(C)n(-c2ccc(C(=O)N(CCO)CCO)cc2)n1. The molecule has 0 aliphatic heterocycles. The molecule has 0 fully saturated rings. The monoisotopic (exact) mass is 303 g/mol. The van der Waals surface area contributed by atoms with Gasteiger partial charge in [-0.1, -0.05) is 0 Å². The average molecular weight is 303 g/mol. The molecular weight excluding hydrogens is 282 g/mol. The predicted molar refractivity (Wildman–Crippen MR) is 83.1 cm³/mol. The van der Waals surface area contributed by atoms with Crippen molar-refractivity contribution in [3.63, 3.8) is 0 Å². The van der Waals surface area contributed by atoms with Crippen LogP contribution in [0.15, 0.2) is 30.3 Å². The van der Waals surface area contributed by atoms with Crippen LogP contribution in [-0.4, -0.2) is 57.1 Å². The van der Waals surface area contributed by atoms with Gasteiger partial charge in [0, 0.05) is 24.3 Å². The standard InChI is InChI=1S/C16H21N3O3/c1-12-11-13(2)19(17-12)15-5-3-14(4-6-15)16(22)18(7-9-20)8-10-21/h3-6,11,20-21H,7-10H2,1-2H3. The second kappa shape index (κ2) is 7.20. The Labute approximate surface area is 129 Å². The molecule has 2 aromatic rings. The van der Waals surface area contributed by atoms with Crippen molar-refractivity contribution in [3.05, 3.63) is 47.3 Å². The van der Waals surface area contributed by atoms with Gasteiger partial charge >= 0.3 is 0 Å². The minimum atomic E-state index is -0.206. The lowest BCUT2D eigenvalue weighted by atomic mass is 10.1. The number of hydrogen-bond donors (Lipinski definition) is 2. The van der Waals surface area contributed by atoms with Gasteiger partial charge in [0.15, 0.2) is 0 Å². The summed E-state index contributed by atoms with van der Waals surface area (Å²) < 4.78 is 1.82. The average Bonchev–Trinajstić information content (AvgIpc) is 2.85. The summed E-state index contributed by atoms with van der Waals surface area (Å²) in [6.07, 6.45) is 0. The topological polar surface area (TPSA) is 78.6 Å². The summed E-state index contributed by atoms with van der Waals surface area (Å²) in [4.78, 5) is 13.8. The maximum Gasteiger partial charge on any atom is 0.254 e. The van der Waals surface area contributed by atoms with Crippen molar-refractivity contribution in [3.8, 4) is 5.69 Å². The van der Waals surface area contributed by atoms with Gasteiger partial charge in [-0.2, -0.15) is 5.10 Å². The largest absolute Gasteiger partial charge is 0.395 e. The van der Waals surface area contributed by atoms with E-state index in [9.17, 15) is 4.79 Å². The minimum absolute atomic E-state index is 0.129. The van der Waals surface area contributed by atoms with Crippen molar-refractivity contribution in [2.75, 3.05) is 26.3 Å². The first-order chi connectivity index (χ1) is 10.6. The minimum Gasteiger partial charge on any atom is -0.395 e. The molecule has 0 unspecified atom stereocenters. The molecular formula is C16H21N3O3. The number of benzene rings is 1. The molecule has 0 saturated carbocycles. The van der Waals surface area contributed by atoms with Gasteiger partial charge in [-0.25, -0.2) is 4.68 Å². The number of hydrogen-bond acceptors (Lipinski definition) is 4. The zero-order chi connectivity index (χ0) is 16.1. The number of aromatic nitrogens is 2. The van der Waals surface area contributed by atoms with Crippen LogP contribution in [0.25, 0.3) is 5.69 Å². The van der Waals surface area contributed by atoms with Gasteiger partial charge in [0.2, 0.25) is 0 Å². The summed E-state index contributed by atoms with van der Waals surface area (Å²) in [6.45, 7) is 4.06. The van der Waals surface area contributed by atoms with E-state index in [1.807, 2.05) is 36.7 Å². The number of nitrogens with zero attached hydrogens (tertiary/aromatic N) is 3. The Kier molecular flexibility index (Phi) is 5.30. The van der Waals surface area contributed by atoms with E-state index in [4.69, 9.17) is 10.2 Å². The molecule has 118 valence electrons. The highest BCUT2D eigenvalue weighted by molar-refractivity contribution is 5.94. The third-order valence-electron chi connectivity index (χ3n) is 3.40. The lowest BCUT2D eigenvalue weighted by Crippen LogP contribution is -2.35. The van der Waals surface area contributed by atoms with E-state index in [1.54, 1.807) is 12.1 Å². The number of aliphatic hydroxyl groups is 2. The molecule has 1 heterocycles. The van der Waals surface area contributed by atoms with Gasteiger partial charge in [-0.3, -0.25) is 4.79 Å². The molecule has 22 heavy (non-hydrogen) atoms. The van der Waals surface area contributed by atoms with E-state index in [0.29, 0.717) is 5.56 Å². The molecule has 0 aliphatic rings. The molecule has 0 saturated heterocycles. The van der Waals surface area contributed by atoms with Crippen molar-refractivity contribution in [1.29, 1.82) is 0 Å². The maximum absolute atomic E-state index is 12.3. The molecule has 6 heteroatoms. The van der Waals surface area contributed by atoms with Crippen molar-refractivity contribution < 1.29 is 15.0 Å². The normalized spacial score (nSPS) is 10.7. The van der Waals surface area contributed by atoms with Gasteiger partial charge in [-0.15, -0.1) is 0 Å². The number of aliphatic hydroxyl groups excluding tert-OH is 2. The summed E-state index contributed by atoms with van der Waals surface area (Å²) in [5.74, 6) is -0.206. The van der Waals surface area contributed by atoms with Gasteiger partial charge in [0.05, 0.1) is 24.6 Å². The first-order valence-corrected chi connectivity index (χ1v) is 7.21. The van der Waals surface area contributed by atoms with Crippen LogP contribution in [0.5, 0.6) is 0 Å². The molecule has 0 bridgehead atoms. The van der Waals surface area contributed by atoms with Gasteiger partial charge in [0.1, 0.15) is 0 Å². The van der Waals surface area contributed by atoms with E-state index in [2.05, 4.69) is 5.10 Å². The predicted octanol–water partition coefficient (Wildman–Crippen LogP) is 0.916.